The second-order valence-corrected chi connectivity index (χ2v) is 7.04. The molecule has 2 heterocycles. The molecule has 0 amide bonds. The smallest absolute Gasteiger partial charge is 0.0325 e. The predicted octanol–water partition coefficient (Wildman–Crippen LogP) is 3.24. The lowest BCUT2D eigenvalue weighted by atomic mass is 9.84. The van der Waals surface area contributed by atoms with Crippen LogP contribution in [-0.4, -0.2) is 35.1 Å². The summed E-state index contributed by atoms with van der Waals surface area (Å²) >= 11 is 0. The third-order valence-corrected chi connectivity index (χ3v) is 4.66. The van der Waals surface area contributed by atoms with Gasteiger partial charge in [0.25, 0.3) is 0 Å². The summed E-state index contributed by atoms with van der Waals surface area (Å²) in [4.78, 5) is 6.80. The fourth-order valence-corrected chi connectivity index (χ4v) is 3.09. The van der Waals surface area contributed by atoms with Crippen LogP contribution >= 0.6 is 0 Å². The molecule has 112 valence electrons. The Balaban J connectivity index is 2.17. The number of hydrogen-bond acceptors (Lipinski definition) is 3. The summed E-state index contributed by atoms with van der Waals surface area (Å²) < 4.78 is 0. The Kier molecular flexibility index (Phi) is 4.82. The molecular formula is C17H29N3. The summed E-state index contributed by atoms with van der Waals surface area (Å²) in [6.07, 6.45) is 4.99. The summed E-state index contributed by atoms with van der Waals surface area (Å²) in [6.45, 7) is 13.8. The number of piperazine rings is 1. The molecule has 1 aromatic heterocycles. The molecule has 1 aliphatic heterocycles. The van der Waals surface area contributed by atoms with Crippen molar-refractivity contribution >= 4 is 0 Å². The zero-order chi connectivity index (χ0) is 14.8. The minimum atomic E-state index is 0.301. The van der Waals surface area contributed by atoms with E-state index in [1.54, 1.807) is 0 Å². The number of pyridine rings is 1. The van der Waals surface area contributed by atoms with Crippen LogP contribution in [0.5, 0.6) is 0 Å². The number of rotatable bonds is 3. The summed E-state index contributed by atoms with van der Waals surface area (Å²) in [5.74, 6) is 0. The van der Waals surface area contributed by atoms with Crippen molar-refractivity contribution in [2.75, 3.05) is 13.1 Å². The summed E-state index contributed by atoms with van der Waals surface area (Å²) in [5, 5.41) is 3.74. The van der Waals surface area contributed by atoms with Crippen LogP contribution in [-0.2, 0) is 0 Å². The van der Waals surface area contributed by atoms with Gasteiger partial charge >= 0.3 is 0 Å². The number of nitrogens with zero attached hydrogens (tertiary/aromatic N) is 2. The van der Waals surface area contributed by atoms with Gasteiger partial charge in [-0.05, 0) is 36.5 Å². The first-order valence-corrected chi connectivity index (χ1v) is 7.82. The molecule has 0 bridgehead atoms. The van der Waals surface area contributed by atoms with Gasteiger partial charge in [0.05, 0.1) is 0 Å². The van der Waals surface area contributed by atoms with Crippen molar-refractivity contribution in [2.24, 2.45) is 5.41 Å². The van der Waals surface area contributed by atoms with Gasteiger partial charge < -0.3 is 5.32 Å². The van der Waals surface area contributed by atoms with Gasteiger partial charge in [0.1, 0.15) is 0 Å². The Morgan fingerprint density at radius 3 is 2.55 bits per heavy atom. The second-order valence-electron chi connectivity index (χ2n) is 7.04. The standard InChI is InChI=1S/C17H29N3/c1-6-15-11-19-16(17(3,4)5)12-20(15)13(2)14-7-9-18-10-8-14/h7-10,13,15-16,19H,6,11-12H2,1-5H3. The molecular weight excluding hydrogens is 246 g/mol. The molecule has 3 atom stereocenters. The highest BCUT2D eigenvalue weighted by atomic mass is 15.3. The Labute approximate surface area is 123 Å². The van der Waals surface area contributed by atoms with Gasteiger partial charge in [-0.2, -0.15) is 0 Å². The van der Waals surface area contributed by atoms with E-state index in [1.165, 1.54) is 12.0 Å². The first kappa shape index (κ1) is 15.5. The summed E-state index contributed by atoms with van der Waals surface area (Å²) in [6, 6.07) is 5.91. The van der Waals surface area contributed by atoms with E-state index in [9.17, 15) is 0 Å². The molecule has 0 aliphatic carbocycles. The first-order valence-electron chi connectivity index (χ1n) is 7.82. The normalized spacial score (nSPS) is 26.4. The van der Waals surface area contributed by atoms with Crippen molar-refractivity contribution in [3.63, 3.8) is 0 Å². The molecule has 0 aromatic carbocycles. The summed E-state index contributed by atoms with van der Waals surface area (Å²) in [5.41, 5.74) is 1.67. The largest absolute Gasteiger partial charge is 0.311 e. The van der Waals surface area contributed by atoms with Crippen molar-refractivity contribution in [3.05, 3.63) is 30.1 Å². The maximum Gasteiger partial charge on any atom is 0.0325 e. The zero-order valence-electron chi connectivity index (χ0n) is 13.6. The van der Waals surface area contributed by atoms with E-state index < -0.39 is 0 Å². The Bertz CT molecular complexity index is 410. The van der Waals surface area contributed by atoms with E-state index in [0.717, 1.165) is 13.1 Å². The molecule has 1 aliphatic rings. The van der Waals surface area contributed by atoms with Crippen LogP contribution < -0.4 is 5.32 Å². The molecule has 1 saturated heterocycles. The van der Waals surface area contributed by atoms with Gasteiger partial charge in [0.15, 0.2) is 0 Å². The molecule has 0 spiro atoms. The van der Waals surface area contributed by atoms with Crippen LogP contribution in [0.2, 0.25) is 0 Å². The molecule has 1 aromatic rings. The lowest BCUT2D eigenvalue weighted by Crippen LogP contribution is -2.60. The maximum atomic E-state index is 4.14. The van der Waals surface area contributed by atoms with E-state index >= 15 is 0 Å². The van der Waals surface area contributed by atoms with E-state index in [-0.39, 0.29) is 0 Å². The van der Waals surface area contributed by atoms with Crippen LogP contribution in [0.15, 0.2) is 24.5 Å². The molecule has 3 unspecified atom stereocenters. The summed E-state index contributed by atoms with van der Waals surface area (Å²) in [7, 11) is 0. The highest BCUT2D eigenvalue weighted by Gasteiger charge is 2.35. The highest BCUT2D eigenvalue weighted by Crippen LogP contribution is 2.30. The monoisotopic (exact) mass is 275 g/mol. The second kappa shape index (κ2) is 6.23. The minimum Gasteiger partial charge on any atom is -0.311 e. The van der Waals surface area contributed by atoms with Crippen molar-refractivity contribution in [3.8, 4) is 0 Å². The van der Waals surface area contributed by atoms with E-state index in [0.29, 0.717) is 23.5 Å². The molecule has 1 N–H and O–H groups in total. The molecule has 20 heavy (non-hydrogen) atoms. The third kappa shape index (κ3) is 3.39. The third-order valence-electron chi connectivity index (χ3n) is 4.66. The van der Waals surface area contributed by atoms with Crippen molar-refractivity contribution < 1.29 is 0 Å². The molecule has 1 fully saturated rings. The number of hydrogen-bond donors (Lipinski definition) is 1. The van der Waals surface area contributed by atoms with Crippen LogP contribution in [0.4, 0.5) is 0 Å². The fraction of sp³-hybridized carbons (Fsp3) is 0.706. The zero-order valence-corrected chi connectivity index (χ0v) is 13.6. The highest BCUT2D eigenvalue weighted by molar-refractivity contribution is 5.15. The van der Waals surface area contributed by atoms with Gasteiger partial charge in [0, 0.05) is 43.6 Å². The van der Waals surface area contributed by atoms with Gasteiger partial charge in [-0.3, -0.25) is 9.88 Å². The lowest BCUT2D eigenvalue weighted by Gasteiger charge is -2.47. The van der Waals surface area contributed by atoms with Gasteiger partial charge in [-0.25, -0.2) is 0 Å². The molecule has 3 nitrogen and oxygen atoms in total. The number of aromatic nitrogens is 1. The topological polar surface area (TPSA) is 28.2 Å². The number of nitrogens with one attached hydrogen (secondary N) is 1. The first-order chi connectivity index (χ1) is 9.43. The molecule has 3 heteroatoms. The maximum absolute atomic E-state index is 4.14. The predicted molar refractivity (Wildman–Crippen MR) is 84.7 cm³/mol. The Morgan fingerprint density at radius 2 is 2.00 bits per heavy atom. The van der Waals surface area contributed by atoms with E-state index in [4.69, 9.17) is 0 Å². The molecule has 2 rings (SSSR count). The van der Waals surface area contributed by atoms with Crippen LogP contribution in [0.25, 0.3) is 0 Å². The van der Waals surface area contributed by atoms with Crippen LogP contribution in [0.1, 0.15) is 52.6 Å². The van der Waals surface area contributed by atoms with Crippen LogP contribution in [0.3, 0.4) is 0 Å². The van der Waals surface area contributed by atoms with E-state index in [1.807, 2.05) is 12.4 Å². The quantitative estimate of drug-likeness (QED) is 0.918. The van der Waals surface area contributed by atoms with Gasteiger partial charge in [-0.15, -0.1) is 0 Å². The van der Waals surface area contributed by atoms with Gasteiger partial charge in [0.2, 0.25) is 0 Å². The van der Waals surface area contributed by atoms with Crippen molar-refractivity contribution in [1.82, 2.24) is 15.2 Å². The fourth-order valence-electron chi connectivity index (χ4n) is 3.09. The van der Waals surface area contributed by atoms with Crippen LogP contribution in [0, 0.1) is 5.41 Å². The van der Waals surface area contributed by atoms with Crippen molar-refractivity contribution in [1.29, 1.82) is 0 Å². The minimum absolute atomic E-state index is 0.301. The van der Waals surface area contributed by atoms with Gasteiger partial charge in [-0.1, -0.05) is 27.7 Å². The Morgan fingerprint density at radius 1 is 1.35 bits per heavy atom. The molecule has 0 saturated carbocycles. The molecule has 0 radical (unpaired) electrons. The lowest BCUT2D eigenvalue weighted by molar-refractivity contribution is 0.0530. The van der Waals surface area contributed by atoms with E-state index in [2.05, 4.69) is 62.0 Å². The SMILES string of the molecule is CCC1CNC(C(C)(C)C)CN1C(C)c1ccncc1. The average Bonchev–Trinajstić information content (AvgIpc) is 2.45. The average molecular weight is 275 g/mol. The Hall–Kier alpha value is -0.930. The van der Waals surface area contributed by atoms with Crippen molar-refractivity contribution in [2.45, 2.75) is 59.2 Å².